The van der Waals surface area contributed by atoms with Crippen LogP contribution >= 0.6 is 11.3 Å². The highest BCUT2D eigenvalue weighted by Gasteiger charge is 2.13. The Morgan fingerprint density at radius 2 is 2.00 bits per heavy atom. The lowest BCUT2D eigenvalue weighted by Crippen LogP contribution is -2.13. The van der Waals surface area contributed by atoms with Crippen LogP contribution in [0.4, 0.5) is 5.13 Å². The minimum Gasteiger partial charge on any atom is -0.497 e. The van der Waals surface area contributed by atoms with Gasteiger partial charge in [0.2, 0.25) is 0 Å². The van der Waals surface area contributed by atoms with Crippen LogP contribution in [0.25, 0.3) is 16.3 Å². The fourth-order valence-corrected chi connectivity index (χ4v) is 3.43. The molecule has 0 radical (unpaired) electrons. The van der Waals surface area contributed by atoms with Crippen molar-refractivity contribution in [1.82, 2.24) is 4.98 Å². The van der Waals surface area contributed by atoms with Crippen LogP contribution in [-0.2, 0) is 4.79 Å². The Kier molecular flexibility index (Phi) is 5.53. The number of nitrogens with zero attached hydrogens (tertiary/aromatic N) is 2. The van der Waals surface area contributed by atoms with Crippen LogP contribution in [0, 0.1) is 11.3 Å². The van der Waals surface area contributed by atoms with Crippen LogP contribution in [0.3, 0.4) is 0 Å². The summed E-state index contributed by atoms with van der Waals surface area (Å²) in [4.78, 5) is 16.8. The average Bonchev–Trinajstić information content (AvgIpc) is 3.07. The van der Waals surface area contributed by atoms with Crippen molar-refractivity contribution < 1.29 is 9.53 Å². The molecule has 136 valence electrons. The van der Waals surface area contributed by atoms with Gasteiger partial charge in [0.05, 0.1) is 17.3 Å². The topological polar surface area (TPSA) is 75.0 Å². The number of carbonyl (C=O) groups excluding carboxylic acids is 1. The highest BCUT2D eigenvalue weighted by Crippen LogP contribution is 2.29. The quantitative estimate of drug-likeness (QED) is 0.503. The van der Waals surface area contributed by atoms with Crippen molar-refractivity contribution in [2.75, 3.05) is 12.4 Å². The third-order valence-corrected chi connectivity index (χ3v) is 5.03. The fourth-order valence-electron chi connectivity index (χ4n) is 2.54. The van der Waals surface area contributed by atoms with E-state index in [1.54, 1.807) is 13.2 Å². The molecule has 1 heterocycles. The molecular weight excluding hydrogens is 358 g/mol. The molecule has 0 saturated heterocycles. The zero-order valence-electron chi connectivity index (χ0n) is 15.3. The summed E-state index contributed by atoms with van der Waals surface area (Å²) in [7, 11) is 1.60. The second-order valence-electron chi connectivity index (χ2n) is 6.30. The average molecular weight is 377 g/mol. The van der Waals surface area contributed by atoms with E-state index in [0.29, 0.717) is 11.0 Å². The summed E-state index contributed by atoms with van der Waals surface area (Å²) < 4.78 is 6.10. The maximum atomic E-state index is 12.5. The number of aromatic nitrogens is 1. The first kappa shape index (κ1) is 18.6. The number of rotatable bonds is 5. The van der Waals surface area contributed by atoms with E-state index in [1.165, 1.54) is 16.9 Å². The van der Waals surface area contributed by atoms with Crippen molar-refractivity contribution in [3.8, 4) is 11.8 Å². The second kappa shape index (κ2) is 8.02. The van der Waals surface area contributed by atoms with E-state index in [9.17, 15) is 10.1 Å². The second-order valence-corrected chi connectivity index (χ2v) is 7.33. The first-order chi connectivity index (χ1) is 13.0. The van der Waals surface area contributed by atoms with Gasteiger partial charge in [-0.2, -0.15) is 5.26 Å². The monoisotopic (exact) mass is 377 g/mol. The Labute approximate surface area is 161 Å². The molecule has 0 atom stereocenters. The molecule has 0 aliphatic heterocycles. The zero-order valence-corrected chi connectivity index (χ0v) is 16.1. The van der Waals surface area contributed by atoms with Crippen LogP contribution in [0.2, 0.25) is 0 Å². The number of carbonyl (C=O) groups is 1. The smallest absolute Gasteiger partial charge is 0.268 e. The Balaban J connectivity index is 1.79. The number of benzene rings is 2. The third kappa shape index (κ3) is 4.33. The predicted octanol–water partition coefficient (Wildman–Crippen LogP) is 4.97. The summed E-state index contributed by atoms with van der Waals surface area (Å²) in [6, 6.07) is 15.3. The van der Waals surface area contributed by atoms with Crippen molar-refractivity contribution in [3.63, 3.8) is 0 Å². The lowest BCUT2D eigenvalue weighted by atomic mass is 10.0. The number of nitrogens with one attached hydrogen (secondary N) is 1. The Hall–Kier alpha value is -3.17. The molecule has 0 spiro atoms. The normalized spacial score (nSPS) is 11.4. The van der Waals surface area contributed by atoms with Crippen molar-refractivity contribution in [2.24, 2.45) is 0 Å². The summed E-state index contributed by atoms with van der Waals surface area (Å²) >= 11 is 1.33. The Morgan fingerprint density at radius 1 is 1.26 bits per heavy atom. The van der Waals surface area contributed by atoms with Crippen molar-refractivity contribution in [3.05, 3.63) is 59.2 Å². The molecule has 0 unspecified atom stereocenters. The van der Waals surface area contributed by atoms with Gasteiger partial charge in [-0.25, -0.2) is 4.98 Å². The minimum atomic E-state index is -0.476. The van der Waals surface area contributed by atoms with Gasteiger partial charge >= 0.3 is 0 Å². The highest BCUT2D eigenvalue weighted by molar-refractivity contribution is 7.22. The molecule has 0 aliphatic rings. The number of amides is 1. The predicted molar refractivity (Wildman–Crippen MR) is 109 cm³/mol. The van der Waals surface area contributed by atoms with Gasteiger partial charge in [-0.15, -0.1) is 0 Å². The van der Waals surface area contributed by atoms with Gasteiger partial charge in [0.25, 0.3) is 5.91 Å². The maximum Gasteiger partial charge on any atom is 0.268 e. The summed E-state index contributed by atoms with van der Waals surface area (Å²) in [5.74, 6) is 0.683. The first-order valence-corrected chi connectivity index (χ1v) is 9.29. The maximum absolute atomic E-state index is 12.5. The van der Waals surface area contributed by atoms with Crippen LogP contribution in [0.5, 0.6) is 5.75 Å². The van der Waals surface area contributed by atoms with Crippen molar-refractivity contribution in [1.29, 1.82) is 5.26 Å². The SMILES string of the molecule is COc1ccc2nc(NC(=O)/C(C#N)=C/c3ccc(C(C)C)cc3)sc2c1. The highest BCUT2D eigenvalue weighted by atomic mass is 32.1. The Morgan fingerprint density at radius 3 is 2.63 bits per heavy atom. The van der Waals surface area contributed by atoms with Gasteiger partial charge in [0, 0.05) is 0 Å². The number of thiazole rings is 1. The molecule has 0 fully saturated rings. The summed E-state index contributed by atoms with van der Waals surface area (Å²) in [5.41, 5.74) is 2.81. The van der Waals surface area contributed by atoms with E-state index in [4.69, 9.17) is 4.74 Å². The van der Waals surface area contributed by atoms with Gasteiger partial charge in [0.1, 0.15) is 17.4 Å². The molecule has 5 nitrogen and oxygen atoms in total. The fraction of sp³-hybridized carbons (Fsp3) is 0.190. The molecule has 1 N–H and O–H groups in total. The van der Waals surface area contributed by atoms with E-state index in [-0.39, 0.29) is 5.57 Å². The van der Waals surface area contributed by atoms with Gasteiger partial charge in [-0.05, 0) is 41.3 Å². The molecule has 0 aliphatic carbocycles. The van der Waals surface area contributed by atoms with Gasteiger partial charge in [-0.1, -0.05) is 49.4 Å². The molecule has 2 aromatic carbocycles. The summed E-state index contributed by atoms with van der Waals surface area (Å²) in [6.07, 6.45) is 1.58. The number of hydrogen-bond donors (Lipinski definition) is 1. The van der Waals surface area contributed by atoms with E-state index in [0.717, 1.165) is 21.5 Å². The molecule has 1 aromatic heterocycles. The number of ether oxygens (including phenoxy) is 1. The molecule has 0 saturated carbocycles. The summed E-state index contributed by atoms with van der Waals surface area (Å²) in [5, 5.41) is 12.5. The standard InChI is InChI=1S/C21H19N3O2S/c1-13(2)15-6-4-14(5-7-15)10-16(12-22)20(25)24-21-23-18-9-8-17(26-3)11-19(18)27-21/h4-11,13H,1-3H3,(H,23,24,25)/b16-10+. The number of fused-ring (bicyclic) bond motifs is 1. The first-order valence-electron chi connectivity index (χ1n) is 8.48. The number of hydrogen-bond acceptors (Lipinski definition) is 5. The largest absolute Gasteiger partial charge is 0.497 e. The number of anilines is 1. The van der Waals surface area contributed by atoms with E-state index < -0.39 is 5.91 Å². The molecule has 1 amide bonds. The molecule has 0 bridgehead atoms. The van der Waals surface area contributed by atoms with Crippen LogP contribution in [0.15, 0.2) is 48.0 Å². The molecule has 3 aromatic rings. The van der Waals surface area contributed by atoms with Crippen LogP contribution in [0.1, 0.15) is 30.9 Å². The van der Waals surface area contributed by atoms with Gasteiger partial charge < -0.3 is 4.74 Å². The van der Waals surface area contributed by atoms with Gasteiger partial charge in [-0.3, -0.25) is 10.1 Å². The van der Waals surface area contributed by atoms with E-state index >= 15 is 0 Å². The minimum absolute atomic E-state index is 0.0316. The third-order valence-electron chi connectivity index (χ3n) is 4.10. The molecule has 3 rings (SSSR count). The van der Waals surface area contributed by atoms with E-state index in [2.05, 4.69) is 24.1 Å². The van der Waals surface area contributed by atoms with Crippen molar-refractivity contribution in [2.45, 2.75) is 19.8 Å². The molecule has 6 heteroatoms. The number of nitriles is 1. The van der Waals surface area contributed by atoms with E-state index in [1.807, 2.05) is 48.5 Å². The Bertz CT molecular complexity index is 1040. The summed E-state index contributed by atoms with van der Waals surface area (Å²) in [6.45, 7) is 4.24. The lowest BCUT2D eigenvalue weighted by Gasteiger charge is -2.05. The van der Waals surface area contributed by atoms with Crippen molar-refractivity contribution >= 4 is 38.7 Å². The van der Waals surface area contributed by atoms with Crippen LogP contribution in [-0.4, -0.2) is 18.0 Å². The molecule has 27 heavy (non-hydrogen) atoms. The van der Waals surface area contributed by atoms with Gasteiger partial charge in [0.15, 0.2) is 5.13 Å². The van der Waals surface area contributed by atoms with Crippen LogP contribution < -0.4 is 10.1 Å². The number of methoxy groups -OCH3 is 1. The molecular formula is C21H19N3O2S. The lowest BCUT2D eigenvalue weighted by molar-refractivity contribution is -0.112. The zero-order chi connectivity index (χ0) is 19.4.